The monoisotopic (exact) mass is 286 g/mol. The van der Waals surface area contributed by atoms with Gasteiger partial charge in [-0.25, -0.2) is 0 Å². The molecule has 5 heteroatoms. The summed E-state index contributed by atoms with van der Waals surface area (Å²) in [5, 5.41) is 14.1. The summed E-state index contributed by atoms with van der Waals surface area (Å²) >= 11 is 0. The lowest BCUT2D eigenvalue weighted by Crippen LogP contribution is -2.20. The van der Waals surface area contributed by atoms with Crippen LogP contribution >= 0.6 is 0 Å². The minimum absolute atomic E-state index is 0.172. The molecule has 0 spiro atoms. The standard InChI is InChI=1S/C16H18N2O3/c1-12-3-5-13(6-4-12)16(11-18(19)20)17-14-7-9-15(21-2)10-8-14/h3-10,16-17H,11H2,1-2H3/t16-/m0/s1. The lowest BCUT2D eigenvalue weighted by atomic mass is 10.0. The lowest BCUT2D eigenvalue weighted by molar-refractivity contribution is -0.482. The highest BCUT2D eigenvalue weighted by molar-refractivity contribution is 5.48. The quantitative estimate of drug-likeness (QED) is 0.652. The molecule has 0 bridgehead atoms. The highest BCUT2D eigenvalue weighted by Gasteiger charge is 2.17. The van der Waals surface area contributed by atoms with Crippen molar-refractivity contribution in [2.24, 2.45) is 0 Å². The van der Waals surface area contributed by atoms with E-state index in [0.717, 1.165) is 22.6 Å². The highest BCUT2D eigenvalue weighted by atomic mass is 16.6. The molecule has 1 N–H and O–H groups in total. The van der Waals surface area contributed by atoms with Crippen LogP contribution in [0.1, 0.15) is 17.2 Å². The van der Waals surface area contributed by atoms with Gasteiger partial charge in [-0.1, -0.05) is 29.8 Å². The summed E-state index contributed by atoms with van der Waals surface area (Å²) in [7, 11) is 1.60. The van der Waals surface area contributed by atoms with Gasteiger partial charge in [-0.2, -0.15) is 0 Å². The van der Waals surface area contributed by atoms with E-state index in [0.29, 0.717) is 0 Å². The van der Waals surface area contributed by atoms with Crippen LogP contribution in [0.15, 0.2) is 48.5 Å². The van der Waals surface area contributed by atoms with E-state index in [9.17, 15) is 10.1 Å². The minimum atomic E-state index is -0.367. The molecule has 0 radical (unpaired) electrons. The van der Waals surface area contributed by atoms with Crippen LogP contribution in [0.25, 0.3) is 0 Å². The normalized spacial score (nSPS) is 11.7. The second-order valence-electron chi connectivity index (χ2n) is 4.85. The van der Waals surface area contributed by atoms with Gasteiger partial charge in [0, 0.05) is 10.6 Å². The van der Waals surface area contributed by atoms with Crippen LogP contribution in [0.3, 0.4) is 0 Å². The van der Waals surface area contributed by atoms with Gasteiger partial charge in [-0.3, -0.25) is 10.1 Å². The zero-order valence-corrected chi connectivity index (χ0v) is 12.1. The van der Waals surface area contributed by atoms with E-state index < -0.39 is 0 Å². The summed E-state index contributed by atoms with van der Waals surface area (Å²) in [5.41, 5.74) is 2.85. The van der Waals surface area contributed by atoms with Crippen LogP contribution < -0.4 is 10.1 Å². The zero-order valence-electron chi connectivity index (χ0n) is 12.1. The smallest absolute Gasteiger partial charge is 0.227 e. The molecule has 2 aromatic rings. The Balaban J connectivity index is 2.19. The van der Waals surface area contributed by atoms with E-state index in [-0.39, 0.29) is 17.5 Å². The number of nitro groups is 1. The Morgan fingerprint density at radius 3 is 2.29 bits per heavy atom. The summed E-state index contributed by atoms with van der Waals surface area (Å²) in [4.78, 5) is 10.6. The number of benzene rings is 2. The third kappa shape index (κ3) is 4.21. The Labute approximate surface area is 123 Å². The molecule has 0 aliphatic rings. The van der Waals surface area contributed by atoms with E-state index in [1.54, 1.807) is 7.11 Å². The third-order valence-corrected chi connectivity index (χ3v) is 3.24. The Kier molecular flexibility index (Phi) is 4.77. The molecule has 1 atom stereocenters. The molecule has 0 unspecified atom stereocenters. The predicted octanol–water partition coefficient (Wildman–Crippen LogP) is 3.43. The van der Waals surface area contributed by atoms with Crippen molar-refractivity contribution in [3.8, 4) is 5.75 Å². The first-order chi connectivity index (χ1) is 10.1. The second-order valence-corrected chi connectivity index (χ2v) is 4.85. The molecule has 0 aromatic heterocycles. The molecular weight excluding hydrogens is 268 g/mol. The number of nitrogens with zero attached hydrogens (tertiary/aromatic N) is 1. The molecule has 0 amide bonds. The summed E-state index contributed by atoms with van der Waals surface area (Å²) < 4.78 is 5.10. The summed E-state index contributed by atoms with van der Waals surface area (Å²) in [6, 6.07) is 14.7. The fourth-order valence-electron chi connectivity index (χ4n) is 2.07. The lowest BCUT2D eigenvalue weighted by Gasteiger charge is -2.17. The summed E-state index contributed by atoms with van der Waals surface area (Å²) in [6.45, 7) is 1.82. The van der Waals surface area contributed by atoms with Gasteiger partial charge in [0.05, 0.1) is 7.11 Å². The molecule has 0 saturated heterocycles. The number of ether oxygens (including phenoxy) is 1. The molecule has 0 heterocycles. The topological polar surface area (TPSA) is 64.4 Å². The molecular formula is C16H18N2O3. The number of rotatable bonds is 6. The van der Waals surface area contributed by atoms with Crippen molar-refractivity contribution in [1.29, 1.82) is 0 Å². The van der Waals surface area contributed by atoms with Crippen molar-refractivity contribution in [1.82, 2.24) is 0 Å². The summed E-state index contributed by atoms with van der Waals surface area (Å²) in [5.74, 6) is 0.752. The van der Waals surface area contributed by atoms with E-state index in [4.69, 9.17) is 4.74 Å². The molecule has 0 aliphatic carbocycles. The van der Waals surface area contributed by atoms with Crippen LogP contribution in [0.2, 0.25) is 0 Å². The van der Waals surface area contributed by atoms with Gasteiger partial charge in [-0.15, -0.1) is 0 Å². The fraction of sp³-hybridized carbons (Fsp3) is 0.250. The van der Waals surface area contributed by atoms with Gasteiger partial charge in [-0.05, 0) is 36.8 Å². The number of aryl methyl sites for hydroxylation is 1. The van der Waals surface area contributed by atoms with Crippen molar-refractivity contribution >= 4 is 5.69 Å². The molecule has 0 aliphatic heterocycles. The van der Waals surface area contributed by atoms with Gasteiger partial charge in [0.15, 0.2) is 0 Å². The Morgan fingerprint density at radius 1 is 1.14 bits per heavy atom. The maximum Gasteiger partial charge on any atom is 0.227 e. The number of hydrogen-bond donors (Lipinski definition) is 1. The van der Waals surface area contributed by atoms with Crippen molar-refractivity contribution in [3.05, 3.63) is 69.8 Å². The van der Waals surface area contributed by atoms with Gasteiger partial charge in [0.2, 0.25) is 6.54 Å². The van der Waals surface area contributed by atoms with Gasteiger partial charge in [0.25, 0.3) is 0 Å². The Morgan fingerprint density at radius 2 is 1.76 bits per heavy atom. The van der Waals surface area contributed by atoms with Crippen LogP contribution in [0.4, 0.5) is 5.69 Å². The SMILES string of the molecule is COc1ccc(N[C@@H](C[N+](=O)[O-])c2ccc(C)cc2)cc1. The van der Waals surface area contributed by atoms with Gasteiger partial charge in [0.1, 0.15) is 11.8 Å². The number of methoxy groups -OCH3 is 1. The molecule has 110 valence electrons. The van der Waals surface area contributed by atoms with Crippen LogP contribution in [-0.4, -0.2) is 18.6 Å². The fourth-order valence-corrected chi connectivity index (χ4v) is 2.07. The van der Waals surface area contributed by atoms with Crippen LogP contribution in [-0.2, 0) is 0 Å². The van der Waals surface area contributed by atoms with E-state index >= 15 is 0 Å². The number of anilines is 1. The second kappa shape index (κ2) is 6.74. The van der Waals surface area contributed by atoms with Crippen molar-refractivity contribution in [3.63, 3.8) is 0 Å². The maximum atomic E-state index is 10.9. The first kappa shape index (κ1) is 14.8. The average Bonchev–Trinajstić information content (AvgIpc) is 2.48. The molecule has 2 aromatic carbocycles. The average molecular weight is 286 g/mol. The molecule has 0 saturated carbocycles. The Hall–Kier alpha value is -2.56. The van der Waals surface area contributed by atoms with E-state index in [1.807, 2.05) is 55.5 Å². The molecule has 21 heavy (non-hydrogen) atoms. The van der Waals surface area contributed by atoms with Gasteiger partial charge >= 0.3 is 0 Å². The molecule has 2 rings (SSSR count). The largest absolute Gasteiger partial charge is 0.497 e. The first-order valence-electron chi connectivity index (χ1n) is 6.67. The zero-order chi connectivity index (χ0) is 15.2. The third-order valence-electron chi connectivity index (χ3n) is 3.24. The van der Waals surface area contributed by atoms with Crippen molar-refractivity contribution < 1.29 is 9.66 Å². The van der Waals surface area contributed by atoms with Crippen molar-refractivity contribution in [2.45, 2.75) is 13.0 Å². The first-order valence-corrected chi connectivity index (χ1v) is 6.67. The van der Waals surface area contributed by atoms with Crippen molar-refractivity contribution in [2.75, 3.05) is 19.0 Å². The number of hydrogen-bond acceptors (Lipinski definition) is 4. The van der Waals surface area contributed by atoms with Crippen LogP contribution in [0.5, 0.6) is 5.75 Å². The Bertz CT molecular complexity index is 594. The van der Waals surface area contributed by atoms with E-state index in [2.05, 4.69) is 5.32 Å². The highest BCUT2D eigenvalue weighted by Crippen LogP contribution is 2.22. The minimum Gasteiger partial charge on any atom is -0.497 e. The molecule has 5 nitrogen and oxygen atoms in total. The predicted molar refractivity (Wildman–Crippen MR) is 82.4 cm³/mol. The van der Waals surface area contributed by atoms with Crippen LogP contribution in [0, 0.1) is 17.0 Å². The maximum absolute atomic E-state index is 10.9. The van der Waals surface area contributed by atoms with E-state index in [1.165, 1.54) is 0 Å². The number of nitrogens with one attached hydrogen (secondary N) is 1. The summed E-state index contributed by atoms with van der Waals surface area (Å²) in [6.07, 6.45) is 0. The molecule has 0 fully saturated rings. The van der Waals surface area contributed by atoms with Gasteiger partial charge < -0.3 is 10.1 Å².